The molecule has 0 aromatic heterocycles. The van der Waals surface area contributed by atoms with Crippen LogP contribution in [-0.4, -0.2) is 48.9 Å². The third kappa shape index (κ3) is 2.47. The number of urea groups is 1. The van der Waals surface area contributed by atoms with Crippen molar-refractivity contribution in [2.75, 3.05) is 21.2 Å². The van der Waals surface area contributed by atoms with E-state index in [1.54, 1.807) is 0 Å². The minimum Gasteiger partial charge on any atom is -0.496 e. The van der Waals surface area contributed by atoms with Gasteiger partial charge in [-0.25, -0.2) is 4.79 Å². The van der Waals surface area contributed by atoms with Crippen LogP contribution in [0.1, 0.15) is 16.7 Å². The van der Waals surface area contributed by atoms with Crippen molar-refractivity contribution in [3.8, 4) is 5.75 Å². The third-order valence-corrected chi connectivity index (χ3v) is 3.60. The second kappa shape index (κ2) is 5.63. The Morgan fingerprint density at radius 2 is 1.55 bits per heavy atom. The monoisotopic (exact) mass is 302 g/mol. The standard InChI is InChI=1S/C16H18N2O4/c1-9-6-10(2)13(22-5)11(7-9)8-12-14(19)17(3)16(21)18(4)15(12)20/h6-8H,1-5H3. The van der Waals surface area contributed by atoms with E-state index in [9.17, 15) is 14.4 Å². The number of imide groups is 2. The van der Waals surface area contributed by atoms with Gasteiger partial charge < -0.3 is 4.74 Å². The number of amides is 4. The molecule has 6 heteroatoms. The minimum atomic E-state index is -0.639. The molecule has 6 nitrogen and oxygen atoms in total. The molecule has 1 heterocycles. The molecule has 1 aliphatic rings. The number of hydrogen-bond donors (Lipinski definition) is 0. The van der Waals surface area contributed by atoms with Gasteiger partial charge in [-0.1, -0.05) is 11.6 Å². The highest BCUT2D eigenvalue weighted by Crippen LogP contribution is 2.28. The maximum atomic E-state index is 12.2. The number of carbonyl (C=O) groups is 3. The van der Waals surface area contributed by atoms with E-state index >= 15 is 0 Å². The fourth-order valence-electron chi connectivity index (χ4n) is 2.50. The van der Waals surface area contributed by atoms with Crippen LogP contribution in [0.3, 0.4) is 0 Å². The van der Waals surface area contributed by atoms with E-state index < -0.39 is 17.8 Å². The Labute approximate surface area is 129 Å². The van der Waals surface area contributed by atoms with E-state index in [2.05, 4.69) is 0 Å². The van der Waals surface area contributed by atoms with Gasteiger partial charge in [0.25, 0.3) is 11.8 Å². The predicted octanol–water partition coefficient (Wildman–Crippen LogP) is 1.75. The second-order valence-corrected chi connectivity index (χ2v) is 5.27. The van der Waals surface area contributed by atoms with Crippen molar-refractivity contribution in [2.24, 2.45) is 0 Å². The summed E-state index contributed by atoms with van der Waals surface area (Å²) in [6.07, 6.45) is 1.48. The molecule has 0 spiro atoms. The van der Waals surface area contributed by atoms with Crippen LogP contribution in [0, 0.1) is 13.8 Å². The van der Waals surface area contributed by atoms with E-state index in [1.807, 2.05) is 26.0 Å². The van der Waals surface area contributed by atoms with Crippen molar-refractivity contribution in [1.29, 1.82) is 0 Å². The Morgan fingerprint density at radius 1 is 1.00 bits per heavy atom. The smallest absolute Gasteiger partial charge is 0.333 e. The summed E-state index contributed by atoms with van der Waals surface area (Å²) in [6.45, 7) is 3.81. The highest BCUT2D eigenvalue weighted by molar-refractivity contribution is 6.30. The molecule has 1 fully saturated rings. The number of nitrogens with zero attached hydrogens (tertiary/aromatic N) is 2. The van der Waals surface area contributed by atoms with Gasteiger partial charge in [-0.3, -0.25) is 19.4 Å². The maximum absolute atomic E-state index is 12.2. The number of likely N-dealkylation sites (N-methyl/N-ethyl adjacent to an activating group) is 2. The zero-order valence-electron chi connectivity index (χ0n) is 13.3. The molecule has 0 radical (unpaired) electrons. The highest BCUT2D eigenvalue weighted by Gasteiger charge is 2.37. The van der Waals surface area contributed by atoms with Gasteiger partial charge >= 0.3 is 6.03 Å². The molecular weight excluding hydrogens is 284 g/mol. The van der Waals surface area contributed by atoms with Crippen molar-refractivity contribution < 1.29 is 19.1 Å². The average molecular weight is 302 g/mol. The maximum Gasteiger partial charge on any atom is 0.333 e. The van der Waals surface area contributed by atoms with Gasteiger partial charge in [0, 0.05) is 19.7 Å². The van der Waals surface area contributed by atoms with Crippen molar-refractivity contribution in [1.82, 2.24) is 9.80 Å². The fourth-order valence-corrected chi connectivity index (χ4v) is 2.50. The van der Waals surface area contributed by atoms with Crippen molar-refractivity contribution in [2.45, 2.75) is 13.8 Å². The quantitative estimate of drug-likeness (QED) is 0.616. The lowest BCUT2D eigenvalue weighted by Gasteiger charge is -2.29. The predicted molar refractivity (Wildman–Crippen MR) is 81.4 cm³/mol. The molecule has 1 aliphatic heterocycles. The molecular formula is C16H18N2O4. The summed E-state index contributed by atoms with van der Waals surface area (Å²) in [7, 11) is 4.23. The summed E-state index contributed by atoms with van der Waals surface area (Å²) in [6, 6.07) is 3.14. The lowest BCUT2D eigenvalue weighted by Crippen LogP contribution is -2.52. The SMILES string of the molecule is COc1c(C)cc(C)cc1C=C1C(=O)N(C)C(=O)N(C)C1=O. The largest absolute Gasteiger partial charge is 0.496 e. The average Bonchev–Trinajstić information content (AvgIpc) is 2.47. The number of benzene rings is 1. The molecule has 1 saturated heterocycles. The Hall–Kier alpha value is -2.63. The molecule has 0 unspecified atom stereocenters. The molecule has 4 amide bonds. The summed E-state index contributed by atoms with van der Waals surface area (Å²) < 4.78 is 5.36. The first kappa shape index (κ1) is 15.8. The normalized spacial score (nSPS) is 15.5. The molecule has 22 heavy (non-hydrogen) atoms. The zero-order valence-corrected chi connectivity index (χ0v) is 13.3. The molecule has 0 bridgehead atoms. The number of rotatable bonds is 2. The molecule has 1 aromatic rings. The number of barbiturate groups is 1. The van der Waals surface area contributed by atoms with E-state index in [-0.39, 0.29) is 5.57 Å². The molecule has 0 N–H and O–H groups in total. The fraction of sp³-hybridized carbons (Fsp3) is 0.312. The van der Waals surface area contributed by atoms with Gasteiger partial charge in [-0.2, -0.15) is 0 Å². The number of hydrogen-bond acceptors (Lipinski definition) is 4. The van der Waals surface area contributed by atoms with Crippen LogP contribution < -0.4 is 4.74 Å². The highest BCUT2D eigenvalue weighted by atomic mass is 16.5. The van der Waals surface area contributed by atoms with Gasteiger partial charge in [-0.05, 0) is 31.6 Å². The van der Waals surface area contributed by atoms with Gasteiger partial charge in [0.15, 0.2) is 0 Å². The first-order valence-corrected chi connectivity index (χ1v) is 6.75. The summed E-state index contributed by atoms with van der Waals surface area (Å²) in [4.78, 5) is 38.0. The minimum absolute atomic E-state index is 0.0621. The molecule has 0 saturated carbocycles. The Balaban J connectivity index is 2.59. The summed E-state index contributed by atoms with van der Waals surface area (Å²) in [5, 5.41) is 0. The molecule has 2 rings (SSSR count). The Kier molecular flexibility index (Phi) is 4.03. The number of aryl methyl sites for hydroxylation is 2. The van der Waals surface area contributed by atoms with E-state index in [4.69, 9.17) is 4.74 Å². The molecule has 0 atom stereocenters. The van der Waals surface area contributed by atoms with Gasteiger partial charge in [-0.15, -0.1) is 0 Å². The summed E-state index contributed by atoms with van der Waals surface area (Å²) in [5.41, 5.74) is 2.46. The zero-order chi connectivity index (χ0) is 16.6. The van der Waals surface area contributed by atoms with Crippen molar-refractivity contribution in [3.05, 3.63) is 34.4 Å². The first-order chi connectivity index (χ1) is 10.3. The molecule has 1 aromatic carbocycles. The van der Waals surface area contributed by atoms with E-state index in [1.165, 1.54) is 27.3 Å². The van der Waals surface area contributed by atoms with Crippen LogP contribution in [-0.2, 0) is 9.59 Å². The van der Waals surface area contributed by atoms with E-state index in [0.717, 1.165) is 20.9 Å². The number of ether oxygens (including phenoxy) is 1. The number of carbonyl (C=O) groups excluding carboxylic acids is 3. The summed E-state index contributed by atoms with van der Waals surface area (Å²) in [5.74, 6) is -0.635. The van der Waals surface area contributed by atoms with Gasteiger partial charge in [0.2, 0.25) is 0 Å². The number of methoxy groups -OCH3 is 1. The summed E-state index contributed by atoms with van der Waals surface area (Å²) >= 11 is 0. The van der Waals surface area contributed by atoms with Crippen LogP contribution >= 0.6 is 0 Å². The van der Waals surface area contributed by atoms with Crippen molar-refractivity contribution in [3.63, 3.8) is 0 Å². The Morgan fingerprint density at radius 3 is 2.05 bits per heavy atom. The topological polar surface area (TPSA) is 66.9 Å². The molecule has 116 valence electrons. The molecule has 0 aliphatic carbocycles. The first-order valence-electron chi connectivity index (χ1n) is 6.75. The van der Waals surface area contributed by atoms with E-state index in [0.29, 0.717) is 11.3 Å². The van der Waals surface area contributed by atoms with Crippen LogP contribution in [0.5, 0.6) is 5.75 Å². The van der Waals surface area contributed by atoms with Crippen LogP contribution in [0.2, 0.25) is 0 Å². The van der Waals surface area contributed by atoms with Crippen LogP contribution in [0.25, 0.3) is 6.08 Å². The van der Waals surface area contributed by atoms with Crippen molar-refractivity contribution >= 4 is 23.9 Å². The lowest BCUT2D eigenvalue weighted by atomic mass is 10.0. The van der Waals surface area contributed by atoms with Gasteiger partial charge in [0.05, 0.1) is 7.11 Å². The Bertz CT molecular complexity index is 680. The second-order valence-electron chi connectivity index (χ2n) is 5.27. The van der Waals surface area contributed by atoms with Crippen LogP contribution in [0.4, 0.5) is 4.79 Å². The lowest BCUT2D eigenvalue weighted by molar-refractivity contribution is -0.134. The van der Waals surface area contributed by atoms with Gasteiger partial charge in [0.1, 0.15) is 11.3 Å². The van der Waals surface area contributed by atoms with Crippen LogP contribution in [0.15, 0.2) is 17.7 Å². The third-order valence-electron chi connectivity index (χ3n) is 3.60.